The van der Waals surface area contributed by atoms with E-state index >= 15 is 0 Å². The minimum Gasteiger partial charge on any atom is -0.358 e. The summed E-state index contributed by atoms with van der Waals surface area (Å²) in [5, 5.41) is 4.55. The monoisotopic (exact) mass is 199 g/mol. The summed E-state index contributed by atoms with van der Waals surface area (Å²) in [6.45, 7) is 0. The Bertz CT molecular complexity index is 256. The normalized spacial score (nSPS) is 34.1. The molecule has 13 heavy (non-hydrogen) atoms. The zero-order chi connectivity index (χ0) is 9.42. The molecule has 4 nitrogen and oxygen atoms in total. The van der Waals surface area contributed by atoms with Crippen molar-refractivity contribution in [3.05, 3.63) is 0 Å². The number of carbonyl (C=O) groups excluding carboxylic acids is 1. The fourth-order valence-corrected chi connectivity index (χ4v) is 2.35. The van der Waals surface area contributed by atoms with Crippen LogP contribution in [0.1, 0.15) is 25.7 Å². The van der Waals surface area contributed by atoms with Crippen LogP contribution in [0.5, 0.6) is 0 Å². The molecular weight excluding hydrogens is 186 g/mol. The lowest BCUT2D eigenvalue weighted by atomic mass is 9.83. The fourth-order valence-electron chi connectivity index (χ4n) is 2.11. The van der Waals surface area contributed by atoms with Crippen molar-refractivity contribution in [1.29, 1.82) is 0 Å². The average Bonchev–Trinajstić information content (AvgIpc) is 2.15. The Kier molecular flexibility index (Phi) is 2.21. The van der Waals surface area contributed by atoms with E-state index in [4.69, 9.17) is 18.1 Å². The molecule has 1 heterocycles. The van der Waals surface area contributed by atoms with Gasteiger partial charge in [0.1, 0.15) is 0 Å². The number of nitrogens with zero attached hydrogens (tertiary/aromatic N) is 1. The lowest BCUT2D eigenvalue weighted by Crippen LogP contribution is -2.62. The lowest BCUT2D eigenvalue weighted by Gasteiger charge is -2.39. The molecule has 0 aromatic rings. The zero-order valence-electron chi connectivity index (χ0n) is 7.32. The van der Waals surface area contributed by atoms with Gasteiger partial charge in [-0.15, -0.1) is 0 Å². The number of nitrogens with two attached hydrogens (primary N) is 1. The standard InChI is InChI=1S/C8H13N3OS/c9-11-7(12)5-3-1-2-4-6(5)10-8(11)13/h5-6H,1-4,9H2,(H,10,13). The van der Waals surface area contributed by atoms with Crippen LogP contribution in [-0.4, -0.2) is 22.1 Å². The molecule has 72 valence electrons. The predicted octanol–water partition coefficient (Wildman–Crippen LogP) is 0.136. The van der Waals surface area contributed by atoms with Crippen molar-refractivity contribution in [2.24, 2.45) is 11.8 Å². The van der Waals surface area contributed by atoms with Crippen molar-refractivity contribution in [3.63, 3.8) is 0 Å². The topological polar surface area (TPSA) is 58.4 Å². The van der Waals surface area contributed by atoms with Crippen LogP contribution in [0, 0.1) is 5.92 Å². The molecule has 2 rings (SSSR count). The molecule has 1 saturated heterocycles. The van der Waals surface area contributed by atoms with Crippen LogP contribution in [0.2, 0.25) is 0 Å². The van der Waals surface area contributed by atoms with Gasteiger partial charge in [-0.05, 0) is 25.1 Å². The van der Waals surface area contributed by atoms with E-state index in [1.165, 1.54) is 6.42 Å². The van der Waals surface area contributed by atoms with E-state index in [1.54, 1.807) is 0 Å². The maximum atomic E-state index is 11.6. The van der Waals surface area contributed by atoms with E-state index in [2.05, 4.69) is 5.32 Å². The van der Waals surface area contributed by atoms with Crippen molar-refractivity contribution in [2.75, 3.05) is 0 Å². The Morgan fingerprint density at radius 3 is 2.92 bits per heavy atom. The third kappa shape index (κ3) is 1.42. The van der Waals surface area contributed by atoms with E-state index in [0.29, 0.717) is 5.11 Å². The molecule has 0 spiro atoms. The highest BCUT2D eigenvalue weighted by atomic mass is 32.1. The van der Waals surface area contributed by atoms with Crippen LogP contribution < -0.4 is 11.2 Å². The highest BCUT2D eigenvalue weighted by Crippen LogP contribution is 2.28. The molecule has 1 saturated carbocycles. The molecule has 2 aliphatic rings. The Morgan fingerprint density at radius 2 is 2.15 bits per heavy atom. The summed E-state index contributed by atoms with van der Waals surface area (Å²) in [5.41, 5.74) is 0. The first kappa shape index (κ1) is 8.90. The van der Waals surface area contributed by atoms with Crippen LogP contribution in [-0.2, 0) is 4.79 Å². The van der Waals surface area contributed by atoms with Crippen LogP contribution in [0.3, 0.4) is 0 Å². The number of carbonyl (C=O) groups is 1. The Hall–Kier alpha value is -0.680. The van der Waals surface area contributed by atoms with Gasteiger partial charge in [0.2, 0.25) is 5.91 Å². The van der Waals surface area contributed by atoms with E-state index in [-0.39, 0.29) is 17.9 Å². The lowest BCUT2D eigenvalue weighted by molar-refractivity contribution is -0.135. The molecule has 2 atom stereocenters. The minimum atomic E-state index is -0.0200. The molecule has 5 heteroatoms. The number of nitrogens with one attached hydrogen (secondary N) is 1. The first-order valence-corrected chi connectivity index (χ1v) is 5.00. The summed E-state index contributed by atoms with van der Waals surface area (Å²) in [6.07, 6.45) is 4.26. The van der Waals surface area contributed by atoms with E-state index in [0.717, 1.165) is 24.3 Å². The Labute approximate surface area is 82.4 Å². The molecule has 2 fully saturated rings. The Morgan fingerprint density at radius 1 is 1.46 bits per heavy atom. The van der Waals surface area contributed by atoms with Crippen LogP contribution in [0.15, 0.2) is 0 Å². The number of hydrogen-bond acceptors (Lipinski definition) is 3. The molecule has 0 bridgehead atoms. The van der Waals surface area contributed by atoms with Gasteiger partial charge in [0, 0.05) is 6.04 Å². The van der Waals surface area contributed by atoms with Gasteiger partial charge in [-0.3, -0.25) is 4.79 Å². The van der Waals surface area contributed by atoms with Crippen molar-refractivity contribution in [2.45, 2.75) is 31.7 Å². The van der Waals surface area contributed by atoms with Gasteiger partial charge in [0.15, 0.2) is 5.11 Å². The molecular formula is C8H13N3OS. The third-order valence-electron chi connectivity index (χ3n) is 2.85. The summed E-state index contributed by atoms with van der Waals surface area (Å²) < 4.78 is 0. The van der Waals surface area contributed by atoms with Gasteiger partial charge in [-0.25, -0.2) is 10.9 Å². The summed E-state index contributed by atoms with van der Waals surface area (Å²) >= 11 is 4.94. The highest BCUT2D eigenvalue weighted by Gasteiger charge is 2.39. The summed E-state index contributed by atoms with van der Waals surface area (Å²) in [5.74, 6) is 5.54. The van der Waals surface area contributed by atoms with Gasteiger partial charge in [0.05, 0.1) is 5.92 Å². The van der Waals surface area contributed by atoms with Crippen LogP contribution >= 0.6 is 12.2 Å². The molecule has 3 N–H and O–H groups in total. The van der Waals surface area contributed by atoms with Gasteiger partial charge in [-0.1, -0.05) is 12.8 Å². The second kappa shape index (κ2) is 3.23. The second-order valence-electron chi connectivity index (χ2n) is 3.66. The van der Waals surface area contributed by atoms with Gasteiger partial charge in [0.25, 0.3) is 0 Å². The summed E-state index contributed by atoms with van der Waals surface area (Å²) in [6, 6.07) is 0.230. The minimum absolute atomic E-state index is 0.0200. The SMILES string of the molecule is NN1C(=O)C2CCCCC2NC1=S. The smallest absolute Gasteiger partial charge is 0.248 e. The largest absolute Gasteiger partial charge is 0.358 e. The number of rotatable bonds is 0. The quantitative estimate of drug-likeness (QED) is 0.331. The zero-order valence-corrected chi connectivity index (χ0v) is 8.14. The summed E-state index contributed by atoms with van der Waals surface area (Å²) in [7, 11) is 0. The molecule has 1 aliphatic heterocycles. The predicted molar refractivity (Wildman–Crippen MR) is 52.5 cm³/mol. The van der Waals surface area contributed by atoms with E-state index < -0.39 is 0 Å². The van der Waals surface area contributed by atoms with Crippen LogP contribution in [0.25, 0.3) is 0 Å². The maximum Gasteiger partial charge on any atom is 0.248 e. The highest BCUT2D eigenvalue weighted by molar-refractivity contribution is 7.80. The van der Waals surface area contributed by atoms with Gasteiger partial charge < -0.3 is 5.32 Å². The number of amides is 1. The van der Waals surface area contributed by atoms with Crippen LogP contribution in [0.4, 0.5) is 0 Å². The fraction of sp³-hybridized carbons (Fsp3) is 0.750. The number of fused-ring (bicyclic) bond motifs is 1. The number of thiocarbonyl (C=S) groups is 1. The van der Waals surface area contributed by atoms with Crippen molar-refractivity contribution in [3.8, 4) is 0 Å². The summed E-state index contributed by atoms with van der Waals surface area (Å²) in [4.78, 5) is 11.6. The molecule has 0 aromatic heterocycles. The molecule has 0 radical (unpaired) electrons. The first-order valence-electron chi connectivity index (χ1n) is 4.59. The van der Waals surface area contributed by atoms with Crippen molar-refractivity contribution >= 4 is 23.2 Å². The second-order valence-corrected chi connectivity index (χ2v) is 4.04. The average molecular weight is 199 g/mol. The Balaban J connectivity index is 2.17. The molecule has 2 unspecified atom stereocenters. The molecule has 0 aromatic carbocycles. The van der Waals surface area contributed by atoms with Gasteiger partial charge >= 0.3 is 0 Å². The van der Waals surface area contributed by atoms with E-state index in [9.17, 15) is 4.79 Å². The van der Waals surface area contributed by atoms with Crippen molar-refractivity contribution < 1.29 is 4.79 Å². The number of hydrogen-bond donors (Lipinski definition) is 2. The van der Waals surface area contributed by atoms with Gasteiger partial charge in [-0.2, -0.15) is 0 Å². The first-order chi connectivity index (χ1) is 6.20. The molecule has 1 aliphatic carbocycles. The van der Waals surface area contributed by atoms with E-state index in [1.807, 2.05) is 0 Å². The van der Waals surface area contributed by atoms with Crippen molar-refractivity contribution in [1.82, 2.24) is 10.3 Å². The number of hydrazine groups is 1. The molecule has 1 amide bonds. The third-order valence-corrected chi connectivity index (χ3v) is 3.16. The maximum absolute atomic E-state index is 11.6.